The maximum Gasteiger partial charge on any atom is 0.311 e. The van der Waals surface area contributed by atoms with E-state index in [-0.39, 0.29) is 5.97 Å². The van der Waals surface area contributed by atoms with Crippen molar-refractivity contribution in [3.05, 3.63) is 24.0 Å². The van der Waals surface area contributed by atoms with Gasteiger partial charge in [-0.1, -0.05) is 6.92 Å². The average Bonchev–Trinajstić information content (AvgIpc) is 2.48. The minimum atomic E-state index is -0.149. The molecule has 3 heteroatoms. The van der Waals surface area contributed by atoms with E-state index in [0.717, 1.165) is 12.1 Å². The van der Waals surface area contributed by atoms with Crippen LogP contribution in [0.15, 0.2) is 18.3 Å². The van der Waals surface area contributed by atoms with Crippen molar-refractivity contribution in [3.63, 3.8) is 0 Å². The first-order valence-corrected chi connectivity index (χ1v) is 4.50. The number of carbonyl (C=O) groups excluding carboxylic acids is 1. The minimum absolute atomic E-state index is 0.149. The molecule has 13 heavy (non-hydrogen) atoms. The second kappa shape index (κ2) is 4.70. The molecule has 1 heterocycles. The van der Waals surface area contributed by atoms with Crippen LogP contribution in [0.1, 0.15) is 19.0 Å². The fraction of sp³-hybridized carbons (Fsp3) is 0.500. The maximum atomic E-state index is 11.2. The fourth-order valence-corrected chi connectivity index (χ4v) is 1.09. The first kappa shape index (κ1) is 9.84. The van der Waals surface area contributed by atoms with Crippen LogP contribution in [0.25, 0.3) is 0 Å². The Hall–Kier alpha value is -1.25. The van der Waals surface area contributed by atoms with Crippen LogP contribution < -0.4 is 0 Å². The van der Waals surface area contributed by atoms with E-state index in [1.165, 1.54) is 0 Å². The lowest BCUT2D eigenvalue weighted by atomic mass is 10.3. The van der Waals surface area contributed by atoms with Gasteiger partial charge in [0.15, 0.2) is 0 Å². The van der Waals surface area contributed by atoms with Crippen molar-refractivity contribution in [1.29, 1.82) is 0 Å². The first-order valence-electron chi connectivity index (χ1n) is 4.50. The van der Waals surface area contributed by atoms with Crippen molar-refractivity contribution in [2.45, 2.75) is 19.8 Å². The highest BCUT2D eigenvalue weighted by Gasteiger charge is 2.05. The highest BCUT2D eigenvalue weighted by atomic mass is 16.5. The Bertz CT molecular complexity index is 278. The monoisotopic (exact) mass is 181 g/mol. The summed E-state index contributed by atoms with van der Waals surface area (Å²) < 4.78 is 6.89. The number of hydrogen-bond donors (Lipinski definition) is 0. The predicted octanol–water partition coefficient (Wildman–Crippen LogP) is 1.52. The molecule has 0 aliphatic carbocycles. The van der Waals surface area contributed by atoms with Gasteiger partial charge in [-0.15, -0.1) is 0 Å². The zero-order chi connectivity index (χ0) is 9.68. The Labute approximate surface area is 78.3 Å². The molecule has 0 spiro atoms. The minimum Gasteiger partial charge on any atom is -0.465 e. The Morgan fingerprint density at radius 3 is 2.92 bits per heavy atom. The van der Waals surface area contributed by atoms with E-state index in [1.54, 1.807) is 0 Å². The molecule has 0 N–H and O–H groups in total. The molecule has 72 valence electrons. The Morgan fingerprint density at radius 2 is 2.38 bits per heavy atom. The molecule has 0 bridgehead atoms. The van der Waals surface area contributed by atoms with Gasteiger partial charge in [0.25, 0.3) is 0 Å². The van der Waals surface area contributed by atoms with Gasteiger partial charge in [-0.25, -0.2) is 0 Å². The summed E-state index contributed by atoms with van der Waals surface area (Å²) >= 11 is 0. The number of hydrogen-bond acceptors (Lipinski definition) is 2. The molecule has 3 nitrogen and oxygen atoms in total. The van der Waals surface area contributed by atoms with Crippen molar-refractivity contribution in [2.75, 3.05) is 6.61 Å². The Balaban J connectivity index is 2.41. The quantitative estimate of drug-likeness (QED) is 0.659. The molecule has 1 aromatic heterocycles. The molecule has 1 rings (SSSR count). The summed E-state index contributed by atoms with van der Waals surface area (Å²) in [7, 11) is 1.92. The largest absolute Gasteiger partial charge is 0.465 e. The van der Waals surface area contributed by atoms with Gasteiger partial charge in [-0.3, -0.25) is 4.79 Å². The summed E-state index contributed by atoms with van der Waals surface area (Å²) in [5, 5.41) is 0. The predicted molar refractivity (Wildman–Crippen MR) is 50.4 cm³/mol. The van der Waals surface area contributed by atoms with E-state index < -0.39 is 0 Å². The van der Waals surface area contributed by atoms with Crippen LogP contribution in [-0.2, 0) is 23.0 Å². The molecule has 0 atom stereocenters. The Kier molecular flexibility index (Phi) is 3.55. The van der Waals surface area contributed by atoms with Gasteiger partial charge in [-0.2, -0.15) is 0 Å². The van der Waals surface area contributed by atoms with Gasteiger partial charge in [-0.05, 0) is 18.6 Å². The highest BCUT2D eigenvalue weighted by Crippen LogP contribution is 2.01. The summed E-state index contributed by atoms with van der Waals surface area (Å²) in [5.41, 5.74) is 0.987. The zero-order valence-electron chi connectivity index (χ0n) is 8.12. The van der Waals surface area contributed by atoms with Crippen molar-refractivity contribution in [2.24, 2.45) is 7.05 Å². The third kappa shape index (κ3) is 2.93. The third-order valence-corrected chi connectivity index (χ3v) is 1.84. The van der Waals surface area contributed by atoms with Crippen LogP contribution in [0.5, 0.6) is 0 Å². The molecule has 0 aromatic carbocycles. The van der Waals surface area contributed by atoms with Crippen molar-refractivity contribution in [1.82, 2.24) is 4.57 Å². The zero-order valence-corrected chi connectivity index (χ0v) is 8.12. The van der Waals surface area contributed by atoms with Gasteiger partial charge < -0.3 is 9.30 Å². The molecular formula is C10H15NO2. The molecule has 0 radical (unpaired) electrons. The molecule has 0 unspecified atom stereocenters. The molecule has 0 fully saturated rings. The standard InChI is InChI=1S/C10H15NO2/c1-3-7-13-10(12)8-9-5-4-6-11(9)2/h4-6H,3,7-8H2,1-2H3. The van der Waals surface area contributed by atoms with Crippen LogP contribution in [0.3, 0.4) is 0 Å². The van der Waals surface area contributed by atoms with Crippen LogP contribution in [0, 0.1) is 0 Å². The van der Waals surface area contributed by atoms with Gasteiger partial charge in [0.1, 0.15) is 0 Å². The van der Waals surface area contributed by atoms with Gasteiger partial charge in [0.05, 0.1) is 13.0 Å². The number of aryl methyl sites for hydroxylation is 1. The van der Waals surface area contributed by atoms with E-state index in [1.807, 2.05) is 36.9 Å². The average molecular weight is 181 g/mol. The molecule has 0 saturated carbocycles. The van der Waals surface area contributed by atoms with Crippen LogP contribution in [0.4, 0.5) is 0 Å². The van der Waals surface area contributed by atoms with Crippen molar-refractivity contribution >= 4 is 5.97 Å². The molecule has 1 aromatic rings. The number of esters is 1. The van der Waals surface area contributed by atoms with Crippen molar-refractivity contribution in [3.8, 4) is 0 Å². The van der Waals surface area contributed by atoms with E-state index in [4.69, 9.17) is 4.74 Å². The molecule has 0 amide bonds. The lowest BCUT2D eigenvalue weighted by molar-refractivity contribution is -0.142. The number of carbonyl (C=O) groups is 1. The second-order valence-electron chi connectivity index (χ2n) is 3.01. The normalized spacial score (nSPS) is 10.0. The number of nitrogens with zero attached hydrogens (tertiary/aromatic N) is 1. The van der Waals surface area contributed by atoms with E-state index in [2.05, 4.69) is 0 Å². The highest BCUT2D eigenvalue weighted by molar-refractivity contribution is 5.72. The Morgan fingerprint density at radius 1 is 1.62 bits per heavy atom. The fourth-order valence-electron chi connectivity index (χ4n) is 1.09. The summed E-state index contributed by atoms with van der Waals surface area (Å²) in [6, 6.07) is 3.84. The van der Waals surface area contributed by atoms with Gasteiger partial charge in [0, 0.05) is 18.9 Å². The summed E-state index contributed by atoms with van der Waals surface area (Å²) in [5.74, 6) is -0.149. The van der Waals surface area contributed by atoms with Gasteiger partial charge >= 0.3 is 5.97 Å². The summed E-state index contributed by atoms with van der Waals surface area (Å²) in [6.45, 7) is 2.50. The molecule has 0 aliphatic rings. The smallest absolute Gasteiger partial charge is 0.311 e. The SMILES string of the molecule is CCCOC(=O)Cc1cccn1C. The third-order valence-electron chi connectivity index (χ3n) is 1.84. The number of aromatic nitrogens is 1. The lowest BCUT2D eigenvalue weighted by Crippen LogP contribution is -2.10. The summed E-state index contributed by atoms with van der Waals surface area (Å²) in [6.07, 6.45) is 3.16. The van der Waals surface area contributed by atoms with E-state index in [9.17, 15) is 4.79 Å². The van der Waals surface area contributed by atoms with E-state index in [0.29, 0.717) is 13.0 Å². The summed E-state index contributed by atoms with van der Waals surface area (Å²) in [4.78, 5) is 11.2. The second-order valence-corrected chi connectivity index (χ2v) is 3.01. The van der Waals surface area contributed by atoms with E-state index >= 15 is 0 Å². The lowest BCUT2D eigenvalue weighted by Gasteiger charge is -2.03. The molecule has 0 aliphatic heterocycles. The first-order chi connectivity index (χ1) is 6.24. The number of ether oxygens (including phenoxy) is 1. The molecular weight excluding hydrogens is 166 g/mol. The van der Waals surface area contributed by atoms with Gasteiger partial charge in [0.2, 0.25) is 0 Å². The number of rotatable bonds is 4. The maximum absolute atomic E-state index is 11.2. The topological polar surface area (TPSA) is 31.2 Å². The van der Waals surface area contributed by atoms with Crippen LogP contribution in [-0.4, -0.2) is 17.1 Å². The molecule has 0 saturated heterocycles. The van der Waals surface area contributed by atoms with Crippen LogP contribution in [0.2, 0.25) is 0 Å². The van der Waals surface area contributed by atoms with Crippen LogP contribution >= 0.6 is 0 Å². The van der Waals surface area contributed by atoms with Crippen molar-refractivity contribution < 1.29 is 9.53 Å².